The van der Waals surface area contributed by atoms with Crippen molar-refractivity contribution in [2.45, 2.75) is 32.1 Å². The maximum absolute atomic E-state index is 13.7. The van der Waals surface area contributed by atoms with Crippen LogP contribution in [0.1, 0.15) is 35.3 Å². The summed E-state index contributed by atoms with van der Waals surface area (Å²) in [5.41, 5.74) is 1.18. The molecule has 180 valence electrons. The van der Waals surface area contributed by atoms with Gasteiger partial charge in [-0.1, -0.05) is 29.8 Å². The number of benzene rings is 2. The van der Waals surface area contributed by atoms with Gasteiger partial charge < -0.3 is 19.5 Å². The van der Waals surface area contributed by atoms with Crippen LogP contribution in [0.2, 0.25) is 5.02 Å². The van der Waals surface area contributed by atoms with Crippen LogP contribution in [0, 0.1) is 5.82 Å². The highest BCUT2D eigenvalue weighted by atomic mass is 79.9. The SMILES string of the molecule is O=C(NCCCOC1CCCO1)c1c(Br)nc(Oc2cccc(F)c2)n1Cc1ccc(Cl)cc1. The van der Waals surface area contributed by atoms with Crippen molar-refractivity contribution in [1.29, 1.82) is 0 Å². The van der Waals surface area contributed by atoms with Crippen molar-refractivity contribution in [2.24, 2.45) is 0 Å². The minimum absolute atomic E-state index is 0.145. The van der Waals surface area contributed by atoms with Crippen molar-refractivity contribution in [3.63, 3.8) is 0 Å². The molecule has 0 spiro atoms. The molecule has 10 heteroatoms. The first kappa shape index (κ1) is 24.7. The molecule has 7 nitrogen and oxygen atoms in total. The van der Waals surface area contributed by atoms with E-state index in [9.17, 15) is 9.18 Å². The molecule has 4 rings (SSSR count). The second-order valence-electron chi connectivity index (χ2n) is 7.73. The normalized spacial score (nSPS) is 15.4. The Balaban J connectivity index is 1.49. The van der Waals surface area contributed by atoms with Crippen LogP contribution in [0.15, 0.2) is 53.1 Å². The zero-order chi connectivity index (χ0) is 23.9. The van der Waals surface area contributed by atoms with Crippen LogP contribution in [0.5, 0.6) is 11.8 Å². The molecule has 2 heterocycles. The lowest BCUT2D eigenvalue weighted by molar-refractivity contribution is -0.111. The molecule has 0 saturated carbocycles. The van der Waals surface area contributed by atoms with Gasteiger partial charge >= 0.3 is 6.01 Å². The van der Waals surface area contributed by atoms with Gasteiger partial charge in [0.25, 0.3) is 5.91 Å². The van der Waals surface area contributed by atoms with Crippen molar-refractivity contribution < 1.29 is 23.4 Å². The molecule has 0 bridgehead atoms. The summed E-state index contributed by atoms with van der Waals surface area (Å²) in [6, 6.07) is 13.1. The predicted octanol–water partition coefficient (Wildman–Crippen LogP) is 5.55. The molecule has 3 aromatic rings. The highest BCUT2D eigenvalue weighted by Gasteiger charge is 2.24. The Bertz CT molecular complexity index is 1120. The molecule has 1 aromatic heterocycles. The Hall–Kier alpha value is -2.46. The van der Waals surface area contributed by atoms with Gasteiger partial charge in [-0.25, -0.2) is 4.39 Å². The fourth-order valence-corrected chi connectivity index (χ4v) is 4.18. The number of amides is 1. The van der Waals surface area contributed by atoms with Gasteiger partial charge in [-0.3, -0.25) is 9.36 Å². The van der Waals surface area contributed by atoms with E-state index in [1.54, 1.807) is 28.8 Å². The first-order chi connectivity index (χ1) is 16.5. The van der Waals surface area contributed by atoms with E-state index in [0.29, 0.717) is 41.4 Å². The third kappa shape index (κ3) is 6.56. The summed E-state index contributed by atoms with van der Waals surface area (Å²) in [6.07, 6.45) is 2.40. The zero-order valence-corrected chi connectivity index (χ0v) is 20.6. The minimum Gasteiger partial charge on any atom is -0.425 e. The molecule has 0 radical (unpaired) electrons. The maximum atomic E-state index is 13.7. The van der Waals surface area contributed by atoms with Crippen molar-refractivity contribution in [3.05, 3.63) is 75.2 Å². The minimum atomic E-state index is -0.435. The monoisotopic (exact) mass is 551 g/mol. The fourth-order valence-electron chi connectivity index (χ4n) is 3.51. The zero-order valence-electron chi connectivity index (χ0n) is 18.3. The number of nitrogens with one attached hydrogen (secondary N) is 1. The Kier molecular flexibility index (Phi) is 8.55. The van der Waals surface area contributed by atoms with Gasteiger partial charge in [0.05, 0.1) is 13.2 Å². The molecule has 1 amide bonds. The third-order valence-electron chi connectivity index (χ3n) is 5.16. The van der Waals surface area contributed by atoms with Crippen LogP contribution in [-0.4, -0.2) is 41.5 Å². The first-order valence-electron chi connectivity index (χ1n) is 10.9. The molecule has 1 N–H and O–H groups in total. The molecule has 1 atom stereocenters. The van der Waals surface area contributed by atoms with Crippen LogP contribution < -0.4 is 10.1 Å². The van der Waals surface area contributed by atoms with Crippen molar-refractivity contribution in [1.82, 2.24) is 14.9 Å². The predicted molar refractivity (Wildman–Crippen MR) is 129 cm³/mol. The molecule has 34 heavy (non-hydrogen) atoms. The van der Waals surface area contributed by atoms with Gasteiger partial charge in [0.15, 0.2) is 6.29 Å². The van der Waals surface area contributed by atoms with Gasteiger partial charge in [-0.15, -0.1) is 0 Å². The molecule has 1 saturated heterocycles. The molecular weight excluding hydrogens is 529 g/mol. The lowest BCUT2D eigenvalue weighted by Crippen LogP contribution is -2.28. The van der Waals surface area contributed by atoms with E-state index in [2.05, 4.69) is 26.2 Å². The fraction of sp³-hybridized carbons (Fsp3) is 0.333. The van der Waals surface area contributed by atoms with Gasteiger partial charge in [0.1, 0.15) is 21.9 Å². The van der Waals surface area contributed by atoms with E-state index in [4.69, 9.17) is 25.8 Å². The average molecular weight is 553 g/mol. The Morgan fingerprint density at radius 1 is 1.29 bits per heavy atom. The van der Waals surface area contributed by atoms with E-state index in [1.165, 1.54) is 12.1 Å². The highest BCUT2D eigenvalue weighted by Crippen LogP contribution is 2.29. The first-order valence-corrected chi connectivity index (χ1v) is 12.1. The number of halogens is 3. The van der Waals surface area contributed by atoms with Crippen LogP contribution in [0.25, 0.3) is 0 Å². The number of carbonyl (C=O) groups is 1. The van der Waals surface area contributed by atoms with Crippen LogP contribution in [0.3, 0.4) is 0 Å². The summed E-state index contributed by atoms with van der Waals surface area (Å²) < 4.78 is 32.5. The maximum Gasteiger partial charge on any atom is 0.303 e. The molecule has 1 fully saturated rings. The summed E-state index contributed by atoms with van der Waals surface area (Å²) in [5.74, 6) is -0.483. The van der Waals surface area contributed by atoms with Crippen LogP contribution in [0.4, 0.5) is 4.39 Å². The van der Waals surface area contributed by atoms with Gasteiger partial charge in [-0.05, 0) is 58.6 Å². The lowest BCUT2D eigenvalue weighted by Gasteiger charge is -2.13. The topological polar surface area (TPSA) is 74.6 Å². The van der Waals surface area contributed by atoms with Crippen molar-refractivity contribution >= 4 is 33.4 Å². The van der Waals surface area contributed by atoms with Crippen molar-refractivity contribution in [2.75, 3.05) is 19.8 Å². The van der Waals surface area contributed by atoms with Gasteiger partial charge in [0, 0.05) is 30.7 Å². The van der Waals surface area contributed by atoms with E-state index in [0.717, 1.165) is 25.0 Å². The van der Waals surface area contributed by atoms with E-state index in [1.807, 2.05) is 12.1 Å². The quantitative estimate of drug-likeness (QED) is 0.334. The molecule has 1 aliphatic rings. The summed E-state index contributed by atoms with van der Waals surface area (Å²) >= 11 is 9.39. The Morgan fingerprint density at radius 2 is 2.12 bits per heavy atom. The number of rotatable bonds is 10. The number of hydrogen-bond acceptors (Lipinski definition) is 5. The molecule has 1 unspecified atom stereocenters. The Labute approximate surface area is 210 Å². The summed E-state index contributed by atoms with van der Waals surface area (Å²) in [5, 5.41) is 3.51. The standard InChI is InChI=1S/C24H24BrClFN3O4/c25-22-21(23(31)28-11-3-13-33-20-6-2-12-32-20)30(15-16-7-9-17(26)10-8-16)24(29-22)34-19-5-1-4-18(27)14-19/h1,4-5,7-10,14,20H,2-3,6,11-13,15H2,(H,28,31). The van der Waals surface area contributed by atoms with Crippen LogP contribution >= 0.6 is 27.5 Å². The number of nitrogens with zero attached hydrogens (tertiary/aromatic N) is 2. The van der Waals surface area contributed by atoms with Gasteiger partial charge in [-0.2, -0.15) is 4.98 Å². The molecule has 1 aliphatic heterocycles. The summed E-state index contributed by atoms with van der Waals surface area (Å²) in [4.78, 5) is 17.4. The lowest BCUT2D eigenvalue weighted by atomic mass is 10.2. The van der Waals surface area contributed by atoms with E-state index >= 15 is 0 Å². The second-order valence-corrected chi connectivity index (χ2v) is 8.92. The van der Waals surface area contributed by atoms with Crippen molar-refractivity contribution in [3.8, 4) is 11.8 Å². The Morgan fingerprint density at radius 3 is 2.85 bits per heavy atom. The van der Waals surface area contributed by atoms with E-state index in [-0.39, 0.29) is 24.0 Å². The highest BCUT2D eigenvalue weighted by molar-refractivity contribution is 9.10. The molecular formula is C24H24BrClFN3O4. The number of aromatic nitrogens is 2. The largest absolute Gasteiger partial charge is 0.425 e. The molecule has 2 aromatic carbocycles. The second kappa shape index (κ2) is 11.8. The summed E-state index contributed by atoms with van der Waals surface area (Å²) in [7, 11) is 0. The van der Waals surface area contributed by atoms with E-state index < -0.39 is 5.82 Å². The number of hydrogen-bond donors (Lipinski definition) is 1. The van der Waals surface area contributed by atoms with Gasteiger partial charge in [0.2, 0.25) is 0 Å². The number of imidazole rings is 1. The smallest absolute Gasteiger partial charge is 0.303 e. The number of ether oxygens (including phenoxy) is 3. The van der Waals surface area contributed by atoms with Crippen LogP contribution in [-0.2, 0) is 16.0 Å². The summed E-state index contributed by atoms with van der Waals surface area (Å²) in [6.45, 7) is 1.94. The molecule has 0 aliphatic carbocycles. The third-order valence-corrected chi connectivity index (χ3v) is 5.97. The number of carbonyl (C=O) groups excluding carboxylic acids is 1. The average Bonchev–Trinajstić information content (AvgIpc) is 3.43.